The molecule has 2 aromatic rings. The quantitative estimate of drug-likeness (QED) is 0.708. The average Bonchev–Trinajstić information content (AvgIpc) is 2.74. The standard InChI is InChI=1S/C7H7N3OS/c1-2-10(5-8-1)11-4-7-3-9-6-12-7/h1-3,5-6H,4H2. The summed E-state index contributed by atoms with van der Waals surface area (Å²) in [7, 11) is 0. The molecule has 12 heavy (non-hydrogen) atoms. The third-order valence-corrected chi connectivity index (χ3v) is 2.07. The van der Waals surface area contributed by atoms with Crippen molar-refractivity contribution in [2.24, 2.45) is 0 Å². The van der Waals surface area contributed by atoms with Crippen molar-refractivity contribution in [2.75, 3.05) is 0 Å². The van der Waals surface area contributed by atoms with Crippen LogP contribution in [0.4, 0.5) is 0 Å². The second-order valence-electron chi connectivity index (χ2n) is 2.16. The van der Waals surface area contributed by atoms with Gasteiger partial charge in [-0.1, -0.05) is 0 Å². The van der Waals surface area contributed by atoms with Gasteiger partial charge >= 0.3 is 0 Å². The number of thiazole rings is 1. The summed E-state index contributed by atoms with van der Waals surface area (Å²) in [6, 6.07) is 0. The van der Waals surface area contributed by atoms with Gasteiger partial charge in [-0.3, -0.25) is 4.98 Å². The zero-order chi connectivity index (χ0) is 8.23. The van der Waals surface area contributed by atoms with E-state index in [4.69, 9.17) is 4.84 Å². The molecule has 4 nitrogen and oxygen atoms in total. The molecule has 2 aromatic heterocycles. The second kappa shape index (κ2) is 3.36. The van der Waals surface area contributed by atoms with E-state index in [1.807, 2.05) is 0 Å². The van der Waals surface area contributed by atoms with Crippen molar-refractivity contribution in [1.29, 1.82) is 0 Å². The van der Waals surface area contributed by atoms with Crippen LogP contribution in [-0.4, -0.2) is 14.7 Å². The van der Waals surface area contributed by atoms with Crippen molar-refractivity contribution in [3.63, 3.8) is 0 Å². The molecule has 0 unspecified atom stereocenters. The molecule has 0 spiro atoms. The van der Waals surface area contributed by atoms with Gasteiger partial charge in [0.15, 0.2) is 6.61 Å². The van der Waals surface area contributed by atoms with E-state index >= 15 is 0 Å². The first-order valence-corrected chi connectivity index (χ1v) is 4.32. The Morgan fingerprint density at radius 3 is 3.17 bits per heavy atom. The summed E-state index contributed by atoms with van der Waals surface area (Å²) < 4.78 is 1.57. The van der Waals surface area contributed by atoms with Gasteiger partial charge in [-0.2, -0.15) is 4.73 Å². The molecule has 0 amide bonds. The van der Waals surface area contributed by atoms with Crippen LogP contribution < -0.4 is 4.84 Å². The summed E-state index contributed by atoms with van der Waals surface area (Å²) in [5.74, 6) is 0. The SMILES string of the molecule is c1cn(OCc2cncs2)cn1. The van der Waals surface area contributed by atoms with Crippen LogP contribution in [0.2, 0.25) is 0 Å². The van der Waals surface area contributed by atoms with Crippen LogP contribution in [0.1, 0.15) is 4.88 Å². The normalized spacial score (nSPS) is 10.0. The third kappa shape index (κ3) is 1.62. The maximum absolute atomic E-state index is 5.31. The van der Waals surface area contributed by atoms with Crippen LogP contribution in [0.5, 0.6) is 0 Å². The predicted molar refractivity (Wildman–Crippen MR) is 44.6 cm³/mol. The van der Waals surface area contributed by atoms with Crippen LogP contribution in [0.15, 0.2) is 30.4 Å². The lowest BCUT2D eigenvalue weighted by Crippen LogP contribution is -2.07. The zero-order valence-corrected chi connectivity index (χ0v) is 7.07. The number of nitrogens with zero attached hydrogens (tertiary/aromatic N) is 3. The summed E-state index contributed by atoms with van der Waals surface area (Å²) in [6.07, 6.45) is 6.83. The summed E-state index contributed by atoms with van der Waals surface area (Å²) in [6.45, 7) is 0.543. The van der Waals surface area contributed by atoms with Gasteiger partial charge in [0, 0.05) is 12.4 Å². The summed E-state index contributed by atoms with van der Waals surface area (Å²) in [5, 5.41) is 0. The number of imidazole rings is 1. The van der Waals surface area contributed by atoms with Gasteiger partial charge in [0.1, 0.15) is 6.33 Å². The van der Waals surface area contributed by atoms with Crippen molar-refractivity contribution in [2.45, 2.75) is 6.61 Å². The van der Waals surface area contributed by atoms with Crippen LogP contribution >= 0.6 is 11.3 Å². The first kappa shape index (κ1) is 7.30. The fourth-order valence-corrected chi connectivity index (χ4v) is 1.27. The van der Waals surface area contributed by atoms with Gasteiger partial charge < -0.3 is 4.84 Å². The molecule has 5 heteroatoms. The number of hydrogen-bond donors (Lipinski definition) is 0. The smallest absolute Gasteiger partial charge is 0.150 e. The molecule has 0 N–H and O–H groups in total. The van der Waals surface area contributed by atoms with Crippen LogP contribution in [0.3, 0.4) is 0 Å². The molecule has 0 aliphatic rings. The van der Waals surface area contributed by atoms with Gasteiger partial charge in [0.25, 0.3) is 0 Å². The Balaban J connectivity index is 1.91. The first-order valence-electron chi connectivity index (χ1n) is 3.44. The highest BCUT2D eigenvalue weighted by Crippen LogP contribution is 2.04. The van der Waals surface area contributed by atoms with E-state index in [9.17, 15) is 0 Å². The Kier molecular flexibility index (Phi) is 2.04. The van der Waals surface area contributed by atoms with Crippen molar-refractivity contribution in [3.05, 3.63) is 35.3 Å². The molecule has 0 radical (unpaired) electrons. The van der Waals surface area contributed by atoms with E-state index in [1.54, 1.807) is 46.5 Å². The Hall–Kier alpha value is -1.36. The highest BCUT2D eigenvalue weighted by molar-refractivity contribution is 7.09. The summed E-state index contributed by atoms with van der Waals surface area (Å²) in [4.78, 5) is 14.2. The molecule has 0 atom stereocenters. The van der Waals surface area contributed by atoms with E-state index in [-0.39, 0.29) is 0 Å². The van der Waals surface area contributed by atoms with E-state index in [0.29, 0.717) is 6.61 Å². The van der Waals surface area contributed by atoms with Crippen LogP contribution in [0.25, 0.3) is 0 Å². The van der Waals surface area contributed by atoms with Crippen LogP contribution in [0, 0.1) is 0 Å². The second-order valence-corrected chi connectivity index (χ2v) is 3.13. The third-order valence-electron chi connectivity index (χ3n) is 1.32. The monoisotopic (exact) mass is 181 g/mol. The maximum atomic E-state index is 5.31. The molecule has 0 aliphatic heterocycles. The molecule has 0 fully saturated rings. The molecular formula is C7H7N3OS. The van der Waals surface area contributed by atoms with Gasteiger partial charge in [-0.25, -0.2) is 4.98 Å². The molecule has 0 saturated carbocycles. The molecule has 0 saturated heterocycles. The minimum absolute atomic E-state index is 0.543. The molecular weight excluding hydrogens is 174 g/mol. The molecule has 0 aromatic carbocycles. The highest BCUT2D eigenvalue weighted by atomic mass is 32.1. The first-order chi connectivity index (χ1) is 5.95. The van der Waals surface area contributed by atoms with E-state index < -0.39 is 0 Å². The van der Waals surface area contributed by atoms with Gasteiger partial charge in [0.2, 0.25) is 0 Å². The molecule has 0 aliphatic carbocycles. The number of aromatic nitrogens is 3. The Labute approximate surface area is 73.4 Å². The van der Waals surface area contributed by atoms with Crippen molar-refractivity contribution >= 4 is 11.3 Å². The van der Waals surface area contributed by atoms with Gasteiger partial charge in [0.05, 0.1) is 16.6 Å². The van der Waals surface area contributed by atoms with Crippen molar-refractivity contribution in [1.82, 2.24) is 14.7 Å². The minimum atomic E-state index is 0.543. The van der Waals surface area contributed by atoms with Crippen molar-refractivity contribution in [3.8, 4) is 0 Å². The van der Waals surface area contributed by atoms with Crippen molar-refractivity contribution < 1.29 is 4.84 Å². The fourth-order valence-electron chi connectivity index (χ4n) is 0.775. The fraction of sp³-hybridized carbons (Fsp3) is 0.143. The molecule has 0 bridgehead atoms. The Bertz CT molecular complexity index is 282. The zero-order valence-electron chi connectivity index (χ0n) is 6.25. The maximum Gasteiger partial charge on any atom is 0.150 e. The number of rotatable bonds is 3. The molecule has 62 valence electrons. The largest absolute Gasteiger partial charge is 0.407 e. The Morgan fingerprint density at radius 2 is 2.50 bits per heavy atom. The van der Waals surface area contributed by atoms with E-state index in [0.717, 1.165) is 4.88 Å². The number of hydrogen-bond acceptors (Lipinski definition) is 4. The lowest BCUT2D eigenvalue weighted by Gasteiger charge is -2.01. The summed E-state index contributed by atoms with van der Waals surface area (Å²) >= 11 is 1.57. The van der Waals surface area contributed by atoms with E-state index in [2.05, 4.69) is 9.97 Å². The summed E-state index contributed by atoms with van der Waals surface area (Å²) in [5.41, 5.74) is 1.78. The van der Waals surface area contributed by atoms with E-state index in [1.165, 1.54) is 0 Å². The van der Waals surface area contributed by atoms with Gasteiger partial charge in [-0.05, 0) is 0 Å². The lowest BCUT2D eigenvalue weighted by molar-refractivity contribution is 0.0986. The molecule has 2 rings (SSSR count). The van der Waals surface area contributed by atoms with Crippen LogP contribution in [-0.2, 0) is 6.61 Å². The topological polar surface area (TPSA) is 39.9 Å². The highest BCUT2D eigenvalue weighted by Gasteiger charge is 1.94. The Morgan fingerprint density at radius 1 is 1.50 bits per heavy atom. The minimum Gasteiger partial charge on any atom is -0.407 e. The lowest BCUT2D eigenvalue weighted by atomic mass is 10.6. The predicted octanol–water partition coefficient (Wildman–Crippen LogP) is 0.968. The molecule has 2 heterocycles. The average molecular weight is 181 g/mol. The van der Waals surface area contributed by atoms with Gasteiger partial charge in [-0.15, -0.1) is 11.3 Å².